The number of nitrogens with one attached hydrogen (secondary N) is 3. The minimum Gasteiger partial charge on any atom is -0.490 e. The Kier molecular flexibility index (Phi) is 8.42. The number of carbonyl (C=O) groups is 2. The first-order valence-corrected chi connectivity index (χ1v) is 10.4. The summed E-state index contributed by atoms with van der Waals surface area (Å²) in [7, 11) is 0. The fraction of sp³-hybridized carbons (Fsp3) is 0.0870. The van der Waals surface area contributed by atoms with Crippen LogP contribution in [0, 0.1) is 0 Å². The Morgan fingerprint density at radius 1 is 0.750 bits per heavy atom. The molecule has 0 saturated heterocycles. The van der Waals surface area contributed by atoms with E-state index in [0.29, 0.717) is 29.5 Å². The Hall–Kier alpha value is -3.62. The van der Waals surface area contributed by atoms with Crippen molar-refractivity contribution in [3.05, 3.63) is 95.0 Å². The third-order valence-corrected chi connectivity index (χ3v) is 4.65. The second kappa shape index (κ2) is 11.7. The molecule has 7 nitrogen and oxygen atoms in total. The van der Waals surface area contributed by atoms with E-state index in [9.17, 15) is 9.59 Å². The number of hydrogen-bond acceptors (Lipinski definition) is 5. The summed E-state index contributed by atoms with van der Waals surface area (Å²) in [5.41, 5.74) is 5.51. The standard InChI is InChI=1S/C23H20ClN3O4S/c24-20-9-5-4-8-19(20)22(29)26-27-23(32)25-21(28)16-10-12-18(13-11-16)31-15-14-30-17-6-2-1-3-7-17/h1-13H,14-15H2,(H,26,29)(H2,25,27,28,32). The lowest BCUT2D eigenvalue weighted by Crippen LogP contribution is -2.48. The second-order valence-corrected chi connectivity index (χ2v) is 7.19. The number of rotatable bonds is 7. The zero-order chi connectivity index (χ0) is 22.8. The summed E-state index contributed by atoms with van der Waals surface area (Å²) >= 11 is 11.0. The van der Waals surface area contributed by atoms with E-state index in [1.54, 1.807) is 48.5 Å². The molecule has 2 amide bonds. The van der Waals surface area contributed by atoms with Crippen LogP contribution in [0.1, 0.15) is 20.7 Å². The molecule has 3 aromatic carbocycles. The molecule has 3 aromatic rings. The van der Waals surface area contributed by atoms with E-state index in [4.69, 9.17) is 33.3 Å². The van der Waals surface area contributed by atoms with Crippen LogP contribution in [0.2, 0.25) is 5.02 Å². The fourth-order valence-electron chi connectivity index (χ4n) is 2.57. The normalized spacial score (nSPS) is 10.0. The van der Waals surface area contributed by atoms with Gasteiger partial charge in [-0.3, -0.25) is 25.8 Å². The van der Waals surface area contributed by atoms with Crippen LogP contribution < -0.4 is 25.6 Å². The molecule has 0 fully saturated rings. The van der Waals surface area contributed by atoms with Gasteiger partial charge < -0.3 is 9.47 Å². The van der Waals surface area contributed by atoms with E-state index in [-0.39, 0.29) is 10.7 Å². The summed E-state index contributed by atoms with van der Waals surface area (Å²) in [6.45, 7) is 0.756. The Morgan fingerprint density at radius 3 is 2.00 bits per heavy atom. The molecule has 0 saturated carbocycles. The monoisotopic (exact) mass is 469 g/mol. The van der Waals surface area contributed by atoms with Gasteiger partial charge >= 0.3 is 0 Å². The summed E-state index contributed by atoms with van der Waals surface area (Å²) in [5, 5.41) is 2.72. The molecule has 0 aliphatic rings. The van der Waals surface area contributed by atoms with Gasteiger partial charge in [-0.15, -0.1) is 0 Å². The maximum Gasteiger partial charge on any atom is 0.271 e. The van der Waals surface area contributed by atoms with Gasteiger partial charge in [0.25, 0.3) is 11.8 Å². The van der Waals surface area contributed by atoms with Crippen molar-refractivity contribution in [3.8, 4) is 11.5 Å². The molecule has 9 heteroatoms. The van der Waals surface area contributed by atoms with Crippen molar-refractivity contribution in [2.24, 2.45) is 0 Å². The predicted octanol–water partition coefficient (Wildman–Crippen LogP) is 3.75. The zero-order valence-corrected chi connectivity index (χ0v) is 18.4. The lowest BCUT2D eigenvalue weighted by molar-refractivity contribution is 0.0934. The largest absolute Gasteiger partial charge is 0.490 e. The number of amides is 2. The van der Waals surface area contributed by atoms with Gasteiger partial charge in [-0.05, 0) is 60.7 Å². The highest BCUT2D eigenvalue weighted by molar-refractivity contribution is 7.80. The van der Waals surface area contributed by atoms with Gasteiger partial charge in [0.05, 0.1) is 10.6 Å². The number of para-hydroxylation sites is 1. The molecular formula is C23H20ClN3O4S. The number of carbonyl (C=O) groups excluding carboxylic acids is 2. The molecule has 32 heavy (non-hydrogen) atoms. The summed E-state index contributed by atoms with van der Waals surface area (Å²) in [5.74, 6) is 0.458. The summed E-state index contributed by atoms with van der Waals surface area (Å²) in [6, 6.07) is 22.6. The van der Waals surface area contributed by atoms with Crippen LogP contribution in [-0.2, 0) is 0 Å². The van der Waals surface area contributed by atoms with Crippen molar-refractivity contribution in [2.45, 2.75) is 0 Å². The molecule has 0 atom stereocenters. The van der Waals surface area contributed by atoms with E-state index in [0.717, 1.165) is 5.75 Å². The third kappa shape index (κ3) is 6.97. The van der Waals surface area contributed by atoms with Crippen LogP contribution in [0.25, 0.3) is 0 Å². The minimum atomic E-state index is -0.482. The quantitative estimate of drug-likeness (QED) is 0.277. The lowest BCUT2D eigenvalue weighted by Gasteiger charge is -2.12. The van der Waals surface area contributed by atoms with Gasteiger partial charge in [0, 0.05) is 5.56 Å². The van der Waals surface area contributed by atoms with E-state index >= 15 is 0 Å². The maximum atomic E-state index is 12.3. The number of hydrazine groups is 1. The Morgan fingerprint density at radius 2 is 1.34 bits per heavy atom. The summed E-state index contributed by atoms with van der Waals surface area (Å²) < 4.78 is 11.2. The van der Waals surface area contributed by atoms with E-state index in [1.807, 2.05) is 30.3 Å². The maximum absolute atomic E-state index is 12.3. The van der Waals surface area contributed by atoms with Gasteiger partial charge in [-0.2, -0.15) is 0 Å². The van der Waals surface area contributed by atoms with Crippen LogP contribution in [0.15, 0.2) is 78.9 Å². The number of thiocarbonyl (C=S) groups is 1. The van der Waals surface area contributed by atoms with Crippen LogP contribution in [0.3, 0.4) is 0 Å². The van der Waals surface area contributed by atoms with Crippen molar-refractivity contribution in [1.29, 1.82) is 0 Å². The first-order chi connectivity index (χ1) is 15.5. The highest BCUT2D eigenvalue weighted by Gasteiger charge is 2.11. The SMILES string of the molecule is O=C(NC(=S)NNC(=O)c1ccccc1Cl)c1ccc(OCCOc2ccccc2)cc1. The van der Waals surface area contributed by atoms with Crippen LogP contribution in [0.4, 0.5) is 0 Å². The van der Waals surface area contributed by atoms with Gasteiger partial charge in [-0.25, -0.2) is 0 Å². The molecule has 0 aliphatic carbocycles. The lowest BCUT2D eigenvalue weighted by atomic mass is 10.2. The molecular weight excluding hydrogens is 450 g/mol. The molecule has 0 aromatic heterocycles. The van der Waals surface area contributed by atoms with Crippen molar-refractivity contribution < 1.29 is 19.1 Å². The first kappa shape index (κ1) is 23.1. The average Bonchev–Trinajstić information content (AvgIpc) is 2.81. The second-order valence-electron chi connectivity index (χ2n) is 6.38. The van der Waals surface area contributed by atoms with Crippen molar-refractivity contribution in [3.63, 3.8) is 0 Å². The van der Waals surface area contributed by atoms with Crippen molar-refractivity contribution in [1.82, 2.24) is 16.2 Å². The molecule has 3 N–H and O–H groups in total. The van der Waals surface area contributed by atoms with Crippen LogP contribution >= 0.6 is 23.8 Å². The Labute approximate surface area is 195 Å². The van der Waals surface area contributed by atoms with Crippen LogP contribution in [-0.4, -0.2) is 30.1 Å². The summed E-state index contributed by atoms with van der Waals surface area (Å²) in [4.78, 5) is 24.4. The number of ether oxygens (including phenoxy) is 2. The Balaban J connectivity index is 1.40. The molecule has 0 unspecified atom stereocenters. The zero-order valence-electron chi connectivity index (χ0n) is 16.8. The molecule has 0 heterocycles. The molecule has 0 bridgehead atoms. The minimum absolute atomic E-state index is 0.0613. The van der Waals surface area contributed by atoms with Gasteiger partial charge in [-0.1, -0.05) is 41.9 Å². The molecule has 3 rings (SSSR count). The van der Waals surface area contributed by atoms with Gasteiger partial charge in [0.15, 0.2) is 5.11 Å². The van der Waals surface area contributed by atoms with E-state index in [2.05, 4.69) is 16.2 Å². The van der Waals surface area contributed by atoms with E-state index < -0.39 is 11.8 Å². The highest BCUT2D eigenvalue weighted by atomic mass is 35.5. The highest BCUT2D eigenvalue weighted by Crippen LogP contribution is 2.14. The Bertz CT molecular complexity index is 1080. The van der Waals surface area contributed by atoms with Gasteiger partial charge in [0.2, 0.25) is 0 Å². The topological polar surface area (TPSA) is 88.7 Å². The van der Waals surface area contributed by atoms with Crippen molar-refractivity contribution in [2.75, 3.05) is 13.2 Å². The average molecular weight is 470 g/mol. The molecule has 0 aliphatic heterocycles. The van der Waals surface area contributed by atoms with Crippen molar-refractivity contribution >= 4 is 40.7 Å². The number of hydrogen-bond donors (Lipinski definition) is 3. The van der Waals surface area contributed by atoms with E-state index in [1.165, 1.54) is 0 Å². The van der Waals surface area contributed by atoms with Crippen LogP contribution in [0.5, 0.6) is 11.5 Å². The molecule has 0 spiro atoms. The number of benzene rings is 3. The number of halogens is 1. The third-order valence-electron chi connectivity index (χ3n) is 4.12. The van der Waals surface area contributed by atoms with Gasteiger partial charge in [0.1, 0.15) is 24.7 Å². The predicted molar refractivity (Wildman–Crippen MR) is 126 cm³/mol. The molecule has 164 valence electrons. The smallest absolute Gasteiger partial charge is 0.271 e. The molecule has 0 radical (unpaired) electrons. The summed E-state index contributed by atoms with van der Waals surface area (Å²) in [6.07, 6.45) is 0. The fourth-order valence-corrected chi connectivity index (χ4v) is 2.94. The first-order valence-electron chi connectivity index (χ1n) is 9.60.